The second kappa shape index (κ2) is 8.24. The molecule has 3 rings (SSSR count). The van der Waals surface area contributed by atoms with Crippen molar-refractivity contribution in [2.45, 2.75) is 32.4 Å². The van der Waals surface area contributed by atoms with Gasteiger partial charge in [-0.1, -0.05) is 12.2 Å². The molecule has 0 spiro atoms. The zero-order valence-electron chi connectivity index (χ0n) is 14.1. The maximum atomic E-state index is 5.40. The van der Waals surface area contributed by atoms with Crippen LogP contribution >= 0.6 is 11.3 Å². The summed E-state index contributed by atoms with van der Waals surface area (Å²) in [7, 11) is 0. The number of hydrogen-bond donors (Lipinski definition) is 1. The maximum absolute atomic E-state index is 5.40. The van der Waals surface area contributed by atoms with Crippen molar-refractivity contribution in [1.82, 2.24) is 15.2 Å². The van der Waals surface area contributed by atoms with Gasteiger partial charge in [0.15, 0.2) is 5.13 Å². The molecule has 0 saturated carbocycles. The molecular weight excluding hydrogens is 308 g/mol. The van der Waals surface area contributed by atoms with Crippen molar-refractivity contribution in [2.75, 3.05) is 50.8 Å². The Kier molecular flexibility index (Phi) is 6.05. The summed E-state index contributed by atoms with van der Waals surface area (Å²) in [5, 5.41) is 4.85. The van der Waals surface area contributed by atoms with E-state index in [2.05, 4.69) is 33.6 Å². The van der Waals surface area contributed by atoms with Gasteiger partial charge in [0.05, 0.1) is 13.2 Å². The van der Waals surface area contributed by atoms with Crippen LogP contribution in [0.2, 0.25) is 0 Å². The van der Waals surface area contributed by atoms with Gasteiger partial charge in [-0.25, -0.2) is 4.98 Å². The van der Waals surface area contributed by atoms with Gasteiger partial charge in [0.25, 0.3) is 0 Å². The minimum absolute atomic E-state index is 0.630. The number of hydrogen-bond acceptors (Lipinski definition) is 6. The molecule has 0 atom stereocenters. The predicted molar refractivity (Wildman–Crippen MR) is 96.3 cm³/mol. The predicted octanol–water partition coefficient (Wildman–Crippen LogP) is 2.11. The summed E-state index contributed by atoms with van der Waals surface area (Å²) in [6, 6.07) is 0.630. The Balaban J connectivity index is 1.41. The number of nitrogens with zero attached hydrogens (tertiary/aromatic N) is 3. The van der Waals surface area contributed by atoms with Crippen molar-refractivity contribution in [3.8, 4) is 0 Å². The number of aromatic nitrogens is 1. The highest BCUT2D eigenvalue weighted by atomic mass is 32.1. The largest absolute Gasteiger partial charge is 0.378 e. The van der Waals surface area contributed by atoms with Gasteiger partial charge in [-0.05, 0) is 32.9 Å². The van der Waals surface area contributed by atoms with Crippen molar-refractivity contribution in [3.05, 3.63) is 23.2 Å². The Labute approximate surface area is 143 Å². The first kappa shape index (κ1) is 16.9. The summed E-state index contributed by atoms with van der Waals surface area (Å²) in [4.78, 5) is 10.7. The molecule has 128 valence electrons. The molecule has 2 saturated heterocycles. The van der Waals surface area contributed by atoms with E-state index < -0.39 is 0 Å². The average Bonchev–Trinajstić information content (AvgIpc) is 3.04. The quantitative estimate of drug-likeness (QED) is 0.806. The smallest absolute Gasteiger partial charge is 0.185 e. The number of piperidine rings is 1. The third-order valence-electron chi connectivity index (χ3n) is 4.47. The Morgan fingerprint density at radius 2 is 2.09 bits per heavy atom. The van der Waals surface area contributed by atoms with E-state index in [4.69, 9.17) is 4.74 Å². The summed E-state index contributed by atoms with van der Waals surface area (Å²) in [5.41, 5.74) is 1.26. The first-order valence-electron chi connectivity index (χ1n) is 8.58. The Bertz CT molecular complexity index is 504. The van der Waals surface area contributed by atoms with Crippen molar-refractivity contribution in [3.63, 3.8) is 0 Å². The lowest BCUT2D eigenvalue weighted by molar-refractivity contribution is 0.122. The third kappa shape index (κ3) is 5.01. The highest BCUT2D eigenvalue weighted by molar-refractivity contribution is 7.15. The van der Waals surface area contributed by atoms with E-state index in [1.165, 1.54) is 36.4 Å². The van der Waals surface area contributed by atoms with Gasteiger partial charge in [-0.3, -0.25) is 4.90 Å². The fourth-order valence-electron chi connectivity index (χ4n) is 3.20. The fourth-order valence-corrected chi connectivity index (χ4v) is 4.11. The second-order valence-electron chi connectivity index (χ2n) is 6.60. The fraction of sp³-hybridized carbons (Fsp3) is 0.706. The molecule has 0 unspecified atom stereocenters. The SMILES string of the molecule is C=C(C)CN1CCC(NCc2cnc(N3CCOCC3)s2)CC1. The van der Waals surface area contributed by atoms with Gasteiger partial charge in [0.2, 0.25) is 0 Å². The summed E-state index contributed by atoms with van der Waals surface area (Å²) >= 11 is 1.81. The van der Waals surface area contributed by atoms with Crippen LogP contribution in [0.4, 0.5) is 5.13 Å². The van der Waals surface area contributed by atoms with Gasteiger partial charge in [0, 0.05) is 43.3 Å². The molecule has 5 nitrogen and oxygen atoms in total. The molecule has 0 amide bonds. The molecule has 0 bridgehead atoms. The standard InChI is InChI=1S/C17H28N4OS/c1-14(2)13-20-5-3-15(4-6-20)18-11-16-12-19-17(23-16)21-7-9-22-10-8-21/h12,15,18H,1,3-11,13H2,2H3. The number of rotatable bonds is 6. The van der Waals surface area contributed by atoms with Crippen molar-refractivity contribution >= 4 is 16.5 Å². The number of nitrogens with one attached hydrogen (secondary N) is 1. The lowest BCUT2D eigenvalue weighted by Crippen LogP contribution is -2.42. The number of ether oxygens (including phenoxy) is 1. The molecule has 0 aromatic carbocycles. The zero-order valence-corrected chi connectivity index (χ0v) is 14.9. The first-order chi connectivity index (χ1) is 11.2. The van der Waals surface area contributed by atoms with Crippen LogP contribution in [0.3, 0.4) is 0 Å². The Hall–Kier alpha value is -0.950. The summed E-state index contributed by atoms with van der Waals surface area (Å²) in [6.07, 6.45) is 4.48. The zero-order chi connectivity index (χ0) is 16.1. The van der Waals surface area contributed by atoms with E-state index in [0.29, 0.717) is 6.04 Å². The lowest BCUT2D eigenvalue weighted by Gasteiger charge is -2.32. The minimum atomic E-state index is 0.630. The highest BCUT2D eigenvalue weighted by Gasteiger charge is 2.19. The molecule has 1 aromatic heterocycles. The lowest BCUT2D eigenvalue weighted by atomic mass is 10.0. The molecule has 6 heteroatoms. The van der Waals surface area contributed by atoms with E-state index in [1.54, 1.807) is 0 Å². The maximum Gasteiger partial charge on any atom is 0.185 e. The van der Waals surface area contributed by atoms with Gasteiger partial charge in [-0.2, -0.15) is 0 Å². The van der Waals surface area contributed by atoms with Gasteiger partial charge in [-0.15, -0.1) is 11.3 Å². The second-order valence-corrected chi connectivity index (χ2v) is 7.69. The van der Waals surface area contributed by atoms with Crippen molar-refractivity contribution in [1.29, 1.82) is 0 Å². The van der Waals surface area contributed by atoms with Crippen LogP contribution < -0.4 is 10.2 Å². The molecule has 0 radical (unpaired) electrons. The van der Waals surface area contributed by atoms with E-state index in [0.717, 1.165) is 44.5 Å². The van der Waals surface area contributed by atoms with Gasteiger partial charge in [0.1, 0.15) is 0 Å². The number of thiazole rings is 1. The van der Waals surface area contributed by atoms with Crippen molar-refractivity contribution < 1.29 is 4.74 Å². The molecule has 0 aliphatic carbocycles. The monoisotopic (exact) mass is 336 g/mol. The van der Waals surface area contributed by atoms with E-state index >= 15 is 0 Å². The van der Waals surface area contributed by atoms with Crippen LogP contribution in [-0.4, -0.2) is 61.9 Å². The van der Waals surface area contributed by atoms with E-state index in [9.17, 15) is 0 Å². The normalized spacial score (nSPS) is 20.8. The van der Waals surface area contributed by atoms with Crippen LogP contribution in [0.25, 0.3) is 0 Å². The molecule has 3 heterocycles. The Morgan fingerprint density at radius 3 is 2.78 bits per heavy atom. The van der Waals surface area contributed by atoms with Gasteiger partial charge < -0.3 is 15.0 Å². The molecule has 2 aliphatic heterocycles. The molecule has 1 aromatic rings. The van der Waals surface area contributed by atoms with E-state index in [-0.39, 0.29) is 0 Å². The number of morpholine rings is 1. The van der Waals surface area contributed by atoms with Crippen molar-refractivity contribution in [2.24, 2.45) is 0 Å². The Morgan fingerprint density at radius 1 is 1.35 bits per heavy atom. The van der Waals surface area contributed by atoms with E-state index in [1.807, 2.05) is 17.5 Å². The number of anilines is 1. The average molecular weight is 337 g/mol. The molecule has 2 fully saturated rings. The summed E-state index contributed by atoms with van der Waals surface area (Å²) in [5.74, 6) is 0. The van der Waals surface area contributed by atoms with Crippen LogP contribution in [-0.2, 0) is 11.3 Å². The van der Waals surface area contributed by atoms with Crippen LogP contribution in [0, 0.1) is 0 Å². The highest BCUT2D eigenvalue weighted by Crippen LogP contribution is 2.23. The summed E-state index contributed by atoms with van der Waals surface area (Å²) < 4.78 is 5.40. The molecule has 2 aliphatic rings. The van der Waals surface area contributed by atoms with Gasteiger partial charge >= 0.3 is 0 Å². The molecular formula is C17H28N4OS. The summed E-state index contributed by atoms with van der Waals surface area (Å²) in [6.45, 7) is 14.0. The topological polar surface area (TPSA) is 40.6 Å². The molecule has 1 N–H and O–H groups in total. The van der Waals surface area contributed by atoms with Crippen LogP contribution in [0.15, 0.2) is 18.3 Å². The molecule has 23 heavy (non-hydrogen) atoms. The van der Waals surface area contributed by atoms with Crippen LogP contribution in [0.5, 0.6) is 0 Å². The third-order valence-corrected chi connectivity index (χ3v) is 5.53. The van der Waals surface area contributed by atoms with Crippen LogP contribution in [0.1, 0.15) is 24.6 Å². The number of likely N-dealkylation sites (tertiary alicyclic amines) is 1. The first-order valence-corrected chi connectivity index (χ1v) is 9.40. The minimum Gasteiger partial charge on any atom is -0.378 e.